The van der Waals surface area contributed by atoms with Crippen molar-refractivity contribution in [3.05, 3.63) is 95.9 Å². The minimum Gasteiger partial charge on any atom is -0.494 e. The second-order valence-electron chi connectivity index (χ2n) is 8.77. The summed E-state index contributed by atoms with van der Waals surface area (Å²) in [6.45, 7) is 4.24. The fraction of sp³-hybridized carbons (Fsp3) is 0.233. The third-order valence-electron chi connectivity index (χ3n) is 5.80. The van der Waals surface area contributed by atoms with Crippen molar-refractivity contribution >= 4 is 17.7 Å². The average Bonchev–Trinajstić information content (AvgIpc) is 3.29. The van der Waals surface area contributed by atoms with Crippen LogP contribution in [0, 0.1) is 6.92 Å². The van der Waals surface area contributed by atoms with Crippen LogP contribution >= 0.6 is 0 Å². The van der Waals surface area contributed by atoms with Crippen LogP contribution in [0.15, 0.2) is 83.3 Å². The van der Waals surface area contributed by atoms with Crippen LogP contribution in [0.3, 0.4) is 0 Å². The molecule has 0 fully saturated rings. The second-order valence-corrected chi connectivity index (χ2v) is 8.77. The van der Waals surface area contributed by atoms with Gasteiger partial charge < -0.3 is 29.2 Å². The molecule has 3 aromatic carbocycles. The van der Waals surface area contributed by atoms with E-state index in [-0.39, 0.29) is 6.54 Å². The normalized spacial score (nSPS) is 10.6. The van der Waals surface area contributed by atoms with Crippen LogP contribution < -0.4 is 14.8 Å². The van der Waals surface area contributed by atoms with Crippen LogP contribution in [0.4, 0.5) is 10.5 Å². The maximum atomic E-state index is 12.9. The van der Waals surface area contributed by atoms with Gasteiger partial charge in [-0.25, -0.2) is 9.78 Å². The highest BCUT2D eigenvalue weighted by Gasteiger charge is 2.18. The molecule has 2 amide bonds. The zero-order valence-corrected chi connectivity index (χ0v) is 21.9. The lowest BCUT2D eigenvalue weighted by Gasteiger charge is -2.22. The fourth-order valence-electron chi connectivity index (χ4n) is 3.98. The summed E-state index contributed by atoms with van der Waals surface area (Å²) in [5.74, 6) is 1.43. The van der Waals surface area contributed by atoms with Gasteiger partial charge >= 0.3 is 12.0 Å². The van der Waals surface area contributed by atoms with Crippen molar-refractivity contribution < 1.29 is 28.6 Å². The molecule has 202 valence electrons. The number of aryl methyl sites for hydroxylation is 1. The summed E-state index contributed by atoms with van der Waals surface area (Å²) < 4.78 is 17.2. The molecule has 0 aliphatic heterocycles. The number of oxazole rings is 1. The van der Waals surface area contributed by atoms with E-state index in [0.717, 1.165) is 22.6 Å². The molecule has 9 nitrogen and oxygen atoms in total. The summed E-state index contributed by atoms with van der Waals surface area (Å²) in [4.78, 5) is 30.2. The van der Waals surface area contributed by atoms with Crippen molar-refractivity contribution in [3.63, 3.8) is 0 Å². The van der Waals surface area contributed by atoms with Crippen LogP contribution in [0.25, 0.3) is 11.5 Å². The van der Waals surface area contributed by atoms with E-state index in [1.54, 1.807) is 30.3 Å². The molecule has 0 saturated carbocycles. The lowest BCUT2D eigenvalue weighted by Crippen LogP contribution is -2.38. The molecular formula is C30H31N3O6. The number of carbonyl (C=O) groups excluding carboxylic acids is 1. The SMILES string of the molecule is CCOc1cccc(NC(=O)N(CC(=O)O)Cc2cccc(OCCc3nc(-c4ccccc4)oc3C)c2)c1. The molecule has 0 saturated heterocycles. The fourth-order valence-corrected chi connectivity index (χ4v) is 3.98. The maximum Gasteiger partial charge on any atom is 0.323 e. The van der Waals surface area contributed by atoms with Crippen LogP contribution in [-0.2, 0) is 17.8 Å². The van der Waals surface area contributed by atoms with Crippen molar-refractivity contribution in [2.24, 2.45) is 0 Å². The van der Waals surface area contributed by atoms with Crippen molar-refractivity contribution in [3.8, 4) is 23.0 Å². The van der Waals surface area contributed by atoms with Crippen molar-refractivity contribution in [2.45, 2.75) is 26.8 Å². The number of benzene rings is 3. The molecule has 0 bridgehead atoms. The molecule has 1 heterocycles. The van der Waals surface area contributed by atoms with Crippen LogP contribution in [-0.4, -0.2) is 46.7 Å². The molecule has 4 aromatic rings. The van der Waals surface area contributed by atoms with E-state index >= 15 is 0 Å². The first-order valence-electron chi connectivity index (χ1n) is 12.7. The number of carbonyl (C=O) groups is 2. The summed E-state index contributed by atoms with van der Waals surface area (Å²) in [6.07, 6.45) is 0.556. The predicted octanol–water partition coefficient (Wildman–Crippen LogP) is 5.79. The number of amides is 2. The highest BCUT2D eigenvalue weighted by molar-refractivity contribution is 5.91. The molecule has 39 heavy (non-hydrogen) atoms. The van der Waals surface area contributed by atoms with Gasteiger partial charge in [0.2, 0.25) is 5.89 Å². The van der Waals surface area contributed by atoms with Crippen LogP contribution in [0.5, 0.6) is 11.5 Å². The highest BCUT2D eigenvalue weighted by atomic mass is 16.5. The Balaban J connectivity index is 1.37. The molecule has 0 radical (unpaired) electrons. The Labute approximate surface area is 227 Å². The first-order chi connectivity index (χ1) is 18.9. The number of aliphatic carboxylic acids is 1. The highest BCUT2D eigenvalue weighted by Crippen LogP contribution is 2.23. The zero-order valence-electron chi connectivity index (χ0n) is 21.9. The molecule has 0 unspecified atom stereocenters. The molecule has 1 aromatic heterocycles. The monoisotopic (exact) mass is 529 g/mol. The number of aromatic nitrogens is 1. The van der Waals surface area contributed by atoms with E-state index in [4.69, 9.17) is 13.9 Å². The molecular weight excluding hydrogens is 498 g/mol. The molecule has 9 heteroatoms. The number of hydrogen-bond donors (Lipinski definition) is 2. The van der Waals surface area contributed by atoms with Gasteiger partial charge in [0, 0.05) is 30.3 Å². The second kappa shape index (κ2) is 13.1. The van der Waals surface area contributed by atoms with E-state index in [9.17, 15) is 14.7 Å². The number of carboxylic acid groups (broad SMARTS) is 1. The standard InChI is InChI=1S/C30H31N3O6/c1-3-37-26-14-8-12-24(18-26)31-30(36)33(20-28(34)35)19-22-9-7-13-25(17-22)38-16-15-27-21(2)39-29(32-27)23-10-5-4-6-11-23/h4-14,17-18H,3,15-16,19-20H2,1-2H3,(H,31,36)(H,34,35). The molecule has 0 atom stereocenters. The van der Waals surface area contributed by atoms with Gasteiger partial charge in [0.05, 0.1) is 18.9 Å². The Bertz CT molecular complexity index is 1400. The zero-order chi connectivity index (χ0) is 27.6. The van der Waals surface area contributed by atoms with E-state index in [1.165, 1.54) is 4.90 Å². The van der Waals surface area contributed by atoms with Gasteiger partial charge in [-0.2, -0.15) is 0 Å². The van der Waals surface area contributed by atoms with Crippen LogP contribution in [0.2, 0.25) is 0 Å². The number of ether oxygens (including phenoxy) is 2. The van der Waals surface area contributed by atoms with E-state index in [0.29, 0.717) is 42.7 Å². The Hall–Kier alpha value is -4.79. The number of carboxylic acids is 1. The molecule has 0 aliphatic carbocycles. The molecule has 4 rings (SSSR count). The Morgan fingerprint density at radius 1 is 0.974 bits per heavy atom. The quantitative estimate of drug-likeness (QED) is 0.239. The van der Waals surface area contributed by atoms with E-state index in [1.807, 2.05) is 62.4 Å². The van der Waals surface area contributed by atoms with Gasteiger partial charge in [0.25, 0.3) is 0 Å². The number of nitrogens with zero attached hydrogens (tertiary/aromatic N) is 2. The molecule has 0 aliphatic rings. The third kappa shape index (κ3) is 7.85. The Morgan fingerprint density at radius 2 is 1.72 bits per heavy atom. The van der Waals surface area contributed by atoms with Gasteiger partial charge in [0.1, 0.15) is 23.8 Å². The maximum absolute atomic E-state index is 12.9. The summed E-state index contributed by atoms with van der Waals surface area (Å²) in [7, 11) is 0. The minimum atomic E-state index is -1.11. The smallest absolute Gasteiger partial charge is 0.323 e. The Kier molecular flexibility index (Phi) is 9.18. The van der Waals surface area contributed by atoms with E-state index in [2.05, 4.69) is 10.3 Å². The van der Waals surface area contributed by atoms with Gasteiger partial charge in [0.15, 0.2) is 0 Å². The first-order valence-corrected chi connectivity index (χ1v) is 12.7. The Morgan fingerprint density at radius 3 is 2.46 bits per heavy atom. The lowest BCUT2D eigenvalue weighted by atomic mass is 10.2. The summed E-state index contributed by atoms with van der Waals surface area (Å²) >= 11 is 0. The lowest BCUT2D eigenvalue weighted by molar-refractivity contribution is -0.137. The number of urea groups is 1. The summed E-state index contributed by atoms with van der Waals surface area (Å²) in [5, 5.41) is 12.1. The third-order valence-corrected chi connectivity index (χ3v) is 5.80. The largest absolute Gasteiger partial charge is 0.494 e. The number of anilines is 1. The summed E-state index contributed by atoms with van der Waals surface area (Å²) in [6, 6.07) is 23.4. The average molecular weight is 530 g/mol. The molecule has 2 N–H and O–H groups in total. The summed E-state index contributed by atoms with van der Waals surface area (Å²) in [5.41, 5.74) is 2.98. The number of rotatable bonds is 12. The van der Waals surface area contributed by atoms with Gasteiger partial charge in [-0.3, -0.25) is 4.79 Å². The number of hydrogen-bond acceptors (Lipinski definition) is 6. The topological polar surface area (TPSA) is 114 Å². The van der Waals surface area contributed by atoms with Gasteiger partial charge in [-0.1, -0.05) is 36.4 Å². The number of nitrogens with one attached hydrogen (secondary N) is 1. The van der Waals surface area contributed by atoms with Gasteiger partial charge in [-0.15, -0.1) is 0 Å². The van der Waals surface area contributed by atoms with E-state index < -0.39 is 18.5 Å². The van der Waals surface area contributed by atoms with Crippen molar-refractivity contribution in [2.75, 3.05) is 25.1 Å². The minimum absolute atomic E-state index is 0.0866. The van der Waals surface area contributed by atoms with Crippen molar-refractivity contribution in [1.82, 2.24) is 9.88 Å². The van der Waals surface area contributed by atoms with Gasteiger partial charge in [-0.05, 0) is 55.8 Å². The van der Waals surface area contributed by atoms with Crippen molar-refractivity contribution in [1.29, 1.82) is 0 Å². The predicted molar refractivity (Wildman–Crippen MR) is 147 cm³/mol. The first kappa shape index (κ1) is 27.3. The molecule has 0 spiro atoms. The van der Waals surface area contributed by atoms with Crippen LogP contribution in [0.1, 0.15) is 23.9 Å².